The molecule has 3 aromatic carbocycles. The average Bonchev–Trinajstić information content (AvgIpc) is 2.83. The Kier molecular flexibility index (Phi) is 7.62. The Hall–Kier alpha value is -4.55. The number of allylic oxidation sites excluding steroid dienone is 1. The van der Waals surface area contributed by atoms with E-state index in [1.54, 1.807) is 23.1 Å². The van der Waals surface area contributed by atoms with Gasteiger partial charge in [0.2, 0.25) is 0 Å². The molecule has 0 N–H and O–H groups in total. The molecule has 6 heteroatoms. The summed E-state index contributed by atoms with van der Waals surface area (Å²) >= 11 is 0. The van der Waals surface area contributed by atoms with E-state index in [-0.39, 0.29) is 18.1 Å². The van der Waals surface area contributed by atoms with Crippen LogP contribution in [0.3, 0.4) is 0 Å². The number of nitriles is 2. The number of para-hydroxylation sites is 2. The number of rotatable bonds is 8. The molecule has 0 aromatic heterocycles. The van der Waals surface area contributed by atoms with E-state index < -0.39 is 0 Å². The van der Waals surface area contributed by atoms with Crippen LogP contribution >= 0.6 is 0 Å². The molecule has 0 fully saturated rings. The Labute approximate surface area is 187 Å². The van der Waals surface area contributed by atoms with E-state index in [1.807, 2.05) is 79.7 Å². The van der Waals surface area contributed by atoms with Crippen molar-refractivity contribution in [2.75, 3.05) is 18.1 Å². The number of carbonyl (C=O) groups excluding carboxylic acids is 1. The Morgan fingerprint density at radius 3 is 2.00 bits per heavy atom. The highest BCUT2D eigenvalue weighted by atomic mass is 16.5. The minimum Gasteiger partial charge on any atom is -0.490 e. The van der Waals surface area contributed by atoms with Crippen molar-refractivity contribution >= 4 is 23.4 Å². The van der Waals surface area contributed by atoms with Crippen LogP contribution in [0.2, 0.25) is 0 Å². The number of carbonyl (C=O) groups is 1. The van der Waals surface area contributed by atoms with Crippen LogP contribution in [0.5, 0.6) is 11.5 Å². The Morgan fingerprint density at radius 2 is 1.47 bits per heavy atom. The van der Waals surface area contributed by atoms with Crippen LogP contribution in [0, 0.1) is 22.7 Å². The van der Waals surface area contributed by atoms with Crippen molar-refractivity contribution in [2.24, 2.45) is 0 Å². The summed E-state index contributed by atoms with van der Waals surface area (Å²) in [5.41, 5.74) is 2.08. The monoisotopic (exact) mass is 423 g/mol. The number of amides is 1. The molecule has 0 aliphatic carbocycles. The van der Waals surface area contributed by atoms with Gasteiger partial charge in [-0.2, -0.15) is 10.5 Å². The Morgan fingerprint density at radius 1 is 0.875 bits per heavy atom. The molecule has 3 rings (SSSR count). The maximum absolute atomic E-state index is 13.2. The van der Waals surface area contributed by atoms with Crippen LogP contribution in [0.4, 0.5) is 11.4 Å². The molecule has 0 spiro atoms. The first kappa shape index (κ1) is 22.1. The minimum absolute atomic E-state index is 0.0161. The van der Waals surface area contributed by atoms with Gasteiger partial charge in [0, 0.05) is 11.4 Å². The van der Waals surface area contributed by atoms with Crippen molar-refractivity contribution < 1.29 is 14.3 Å². The van der Waals surface area contributed by atoms with Crippen LogP contribution in [0.15, 0.2) is 84.4 Å². The number of benzene rings is 3. The molecule has 0 saturated heterocycles. The zero-order valence-corrected chi connectivity index (χ0v) is 17.6. The predicted molar refractivity (Wildman–Crippen MR) is 122 cm³/mol. The molecule has 1 amide bonds. The fourth-order valence-electron chi connectivity index (χ4n) is 3.05. The van der Waals surface area contributed by atoms with Crippen LogP contribution in [-0.4, -0.2) is 19.1 Å². The molecule has 3 aromatic rings. The molecule has 0 heterocycles. The smallest absolute Gasteiger partial charge is 0.269 e. The van der Waals surface area contributed by atoms with Crippen molar-refractivity contribution in [1.82, 2.24) is 0 Å². The fraction of sp³-hybridized carbons (Fsp3) is 0.115. The molecule has 6 nitrogen and oxygen atoms in total. The number of hydrogen-bond acceptors (Lipinski definition) is 5. The summed E-state index contributed by atoms with van der Waals surface area (Å²) in [5.74, 6) is 0.578. The van der Waals surface area contributed by atoms with Crippen molar-refractivity contribution in [3.05, 3.63) is 90.0 Å². The minimum atomic E-state index is -0.245. The van der Waals surface area contributed by atoms with E-state index >= 15 is 0 Å². The molecule has 0 unspecified atom stereocenters. The van der Waals surface area contributed by atoms with Crippen LogP contribution in [0.25, 0.3) is 6.08 Å². The van der Waals surface area contributed by atoms with Gasteiger partial charge < -0.3 is 9.47 Å². The van der Waals surface area contributed by atoms with E-state index in [0.29, 0.717) is 23.7 Å². The van der Waals surface area contributed by atoms with Gasteiger partial charge in [0.15, 0.2) is 18.1 Å². The molecule has 0 radical (unpaired) electrons. The molecular weight excluding hydrogens is 402 g/mol. The van der Waals surface area contributed by atoms with Crippen LogP contribution in [0.1, 0.15) is 12.5 Å². The van der Waals surface area contributed by atoms with Gasteiger partial charge in [-0.05, 0) is 55.0 Å². The number of ether oxygens (including phenoxy) is 2. The summed E-state index contributed by atoms with van der Waals surface area (Å²) in [6.07, 6.45) is 1.46. The third-order valence-corrected chi connectivity index (χ3v) is 4.45. The third kappa shape index (κ3) is 5.53. The first-order valence-corrected chi connectivity index (χ1v) is 10.0. The lowest BCUT2D eigenvalue weighted by Crippen LogP contribution is -2.31. The number of hydrogen-bond donors (Lipinski definition) is 0. The molecular formula is C26H21N3O3. The summed E-state index contributed by atoms with van der Waals surface area (Å²) in [5, 5.41) is 17.9. The zero-order valence-electron chi connectivity index (χ0n) is 17.6. The standard InChI is InChI=1S/C26H21N3O3/c1-2-31-25-16-20(15-21(17-27)18-28)13-14-24(25)32-19-26(30)29(22-9-5-3-6-10-22)23-11-7-4-8-12-23/h3-16H,2,19H2,1H3. The SMILES string of the molecule is CCOc1cc(C=C(C#N)C#N)ccc1OCC(=O)N(c1ccccc1)c1ccccc1. The zero-order chi connectivity index (χ0) is 22.8. The molecule has 0 bridgehead atoms. The second-order valence-electron chi connectivity index (χ2n) is 6.61. The van der Waals surface area contributed by atoms with Gasteiger partial charge in [-0.1, -0.05) is 42.5 Å². The highest BCUT2D eigenvalue weighted by molar-refractivity contribution is 6.01. The van der Waals surface area contributed by atoms with Gasteiger partial charge in [0.05, 0.1) is 6.61 Å². The van der Waals surface area contributed by atoms with Crippen LogP contribution < -0.4 is 14.4 Å². The van der Waals surface area contributed by atoms with E-state index in [4.69, 9.17) is 20.0 Å². The van der Waals surface area contributed by atoms with E-state index in [2.05, 4.69) is 0 Å². The van der Waals surface area contributed by atoms with Crippen molar-refractivity contribution in [1.29, 1.82) is 10.5 Å². The largest absolute Gasteiger partial charge is 0.490 e. The average molecular weight is 423 g/mol. The summed E-state index contributed by atoms with van der Waals surface area (Å²) < 4.78 is 11.5. The Bertz CT molecular complexity index is 1120. The maximum Gasteiger partial charge on any atom is 0.269 e. The molecule has 32 heavy (non-hydrogen) atoms. The topological polar surface area (TPSA) is 86.3 Å². The van der Waals surface area contributed by atoms with E-state index in [1.165, 1.54) is 6.08 Å². The van der Waals surface area contributed by atoms with Crippen molar-refractivity contribution in [2.45, 2.75) is 6.92 Å². The van der Waals surface area contributed by atoms with Gasteiger partial charge in [0.1, 0.15) is 17.7 Å². The van der Waals surface area contributed by atoms with Gasteiger partial charge in [-0.25, -0.2) is 0 Å². The lowest BCUT2D eigenvalue weighted by molar-refractivity contribution is -0.119. The van der Waals surface area contributed by atoms with Crippen LogP contribution in [-0.2, 0) is 4.79 Å². The summed E-state index contributed by atoms with van der Waals surface area (Å²) in [4.78, 5) is 14.8. The molecule has 0 saturated carbocycles. The third-order valence-electron chi connectivity index (χ3n) is 4.45. The lowest BCUT2D eigenvalue weighted by atomic mass is 10.1. The molecule has 0 atom stereocenters. The normalized spacial score (nSPS) is 9.72. The summed E-state index contributed by atoms with van der Waals surface area (Å²) in [6, 6.07) is 27.4. The first-order valence-electron chi connectivity index (χ1n) is 10.0. The lowest BCUT2D eigenvalue weighted by Gasteiger charge is -2.23. The highest BCUT2D eigenvalue weighted by Crippen LogP contribution is 2.30. The van der Waals surface area contributed by atoms with Gasteiger partial charge in [-0.15, -0.1) is 0 Å². The van der Waals surface area contributed by atoms with Crippen molar-refractivity contribution in [3.63, 3.8) is 0 Å². The molecule has 0 aliphatic rings. The first-order chi connectivity index (χ1) is 15.7. The molecule has 0 aliphatic heterocycles. The summed E-state index contributed by atoms with van der Waals surface area (Å²) in [7, 11) is 0. The second-order valence-corrected chi connectivity index (χ2v) is 6.61. The van der Waals surface area contributed by atoms with E-state index in [9.17, 15) is 4.79 Å². The Balaban J connectivity index is 1.84. The van der Waals surface area contributed by atoms with Gasteiger partial charge in [0.25, 0.3) is 5.91 Å². The fourth-order valence-corrected chi connectivity index (χ4v) is 3.05. The second kappa shape index (κ2) is 11.0. The number of anilines is 2. The summed E-state index contributed by atoms with van der Waals surface area (Å²) in [6.45, 7) is 2.02. The predicted octanol–water partition coefficient (Wildman–Crippen LogP) is 5.26. The quantitative estimate of drug-likeness (QED) is 0.461. The maximum atomic E-state index is 13.2. The van der Waals surface area contributed by atoms with E-state index in [0.717, 1.165) is 11.4 Å². The molecule has 158 valence electrons. The highest BCUT2D eigenvalue weighted by Gasteiger charge is 2.19. The van der Waals surface area contributed by atoms with Gasteiger partial charge in [-0.3, -0.25) is 9.69 Å². The van der Waals surface area contributed by atoms with Gasteiger partial charge >= 0.3 is 0 Å². The van der Waals surface area contributed by atoms with Crippen molar-refractivity contribution in [3.8, 4) is 23.6 Å². The number of nitrogens with zero attached hydrogens (tertiary/aromatic N) is 3.